The first kappa shape index (κ1) is 15.8. The van der Waals surface area contributed by atoms with Crippen molar-refractivity contribution in [2.24, 2.45) is 0 Å². The predicted octanol–water partition coefficient (Wildman–Crippen LogP) is 1.78. The van der Waals surface area contributed by atoms with Gasteiger partial charge in [0.25, 0.3) is 0 Å². The number of rotatable bonds is 2. The molecule has 22 heavy (non-hydrogen) atoms. The molecule has 2 aliphatic heterocycles. The van der Waals surface area contributed by atoms with E-state index >= 15 is 0 Å². The van der Waals surface area contributed by atoms with Gasteiger partial charge in [-0.25, -0.2) is 0 Å². The van der Waals surface area contributed by atoms with Gasteiger partial charge < -0.3 is 19.5 Å². The van der Waals surface area contributed by atoms with Gasteiger partial charge in [0.15, 0.2) is 0 Å². The van der Waals surface area contributed by atoms with Crippen molar-refractivity contribution in [3.05, 3.63) is 24.3 Å². The van der Waals surface area contributed by atoms with Crippen LogP contribution in [0.5, 0.6) is 0 Å². The van der Waals surface area contributed by atoms with Gasteiger partial charge in [0.1, 0.15) is 0 Å². The number of nitrogens with one attached hydrogen (secondary N) is 1. The molecule has 1 aromatic carbocycles. The van der Waals surface area contributed by atoms with Crippen LogP contribution in [0, 0.1) is 0 Å². The zero-order valence-corrected chi connectivity index (χ0v) is 14.3. The Hall–Kier alpha value is -1.04. The fraction of sp³-hybridized carbons (Fsp3) is 0.647. The number of benzene rings is 1. The van der Waals surface area contributed by atoms with Gasteiger partial charge in [-0.15, -0.1) is 0 Å². The number of anilines is 1. The van der Waals surface area contributed by atoms with Crippen LogP contribution in [-0.4, -0.2) is 44.0 Å². The molecule has 0 amide bonds. The van der Waals surface area contributed by atoms with E-state index in [4.69, 9.17) is 9.31 Å². The minimum absolute atomic E-state index is 0.277. The summed E-state index contributed by atoms with van der Waals surface area (Å²) in [6.07, 6.45) is 0. The quantitative estimate of drug-likeness (QED) is 0.845. The molecule has 3 rings (SSSR count). The van der Waals surface area contributed by atoms with E-state index < -0.39 is 0 Å². The molecule has 2 saturated heterocycles. The fourth-order valence-corrected chi connectivity index (χ4v) is 2.99. The fourth-order valence-electron chi connectivity index (χ4n) is 2.99. The van der Waals surface area contributed by atoms with Crippen LogP contribution >= 0.6 is 0 Å². The van der Waals surface area contributed by atoms with Gasteiger partial charge >= 0.3 is 7.12 Å². The molecule has 0 saturated carbocycles. The number of piperazine rings is 1. The summed E-state index contributed by atoms with van der Waals surface area (Å²) in [6.45, 7) is 13.7. The smallest absolute Gasteiger partial charge is 0.399 e. The lowest BCUT2D eigenvalue weighted by Gasteiger charge is -2.33. The van der Waals surface area contributed by atoms with Crippen LogP contribution in [0.4, 0.5) is 5.69 Å². The van der Waals surface area contributed by atoms with Crippen molar-refractivity contribution in [2.45, 2.75) is 51.9 Å². The highest BCUT2D eigenvalue weighted by atomic mass is 16.7. The van der Waals surface area contributed by atoms with E-state index in [-0.39, 0.29) is 18.3 Å². The number of hydrogen-bond donors (Lipinski definition) is 1. The average Bonchev–Trinajstić information content (AvgIpc) is 2.68. The molecular weight excluding hydrogens is 275 g/mol. The lowest BCUT2D eigenvalue weighted by molar-refractivity contribution is 0.00578. The normalized spacial score (nSPS) is 27.2. The van der Waals surface area contributed by atoms with Crippen molar-refractivity contribution in [3.8, 4) is 0 Å². The van der Waals surface area contributed by atoms with Crippen LogP contribution in [0.25, 0.3) is 0 Å². The minimum atomic E-state index is -0.287. The summed E-state index contributed by atoms with van der Waals surface area (Å²) < 4.78 is 12.2. The molecule has 0 bridgehead atoms. The molecule has 1 unspecified atom stereocenters. The van der Waals surface area contributed by atoms with Gasteiger partial charge in [0.2, 0.25) is 0 Å². The Balaban J connectivity index is 1.72. The highest BCUT2D eigenvalue weighted by molar-refractivity contribution is 6.62. The van der Waals surface area contributed by atoms with Crippen molar-refractivity contribution in [1.29, 1.82) is 0 Å². The Morgan fingerprint density at radius 3 is 2.23 bits per heavy atom. The Bertz CT molecular complexity index is 514. The average molecular weight is 302 g/mol. The number of hydrogen-bond acceptors (Lipinski definition) is 4. The van der Waals surface area contributed by atoms with Gasteiger partial charge in [-0.2, -0.15) is 0 Å². The SMILES string of the molecule is CC1CN(c2ccc(B3OC(C)(C)C(C)(C)O3)cc2)CCN1. The summed E-state index contributed by atoms with van der Waals surface area (Å²) >= 11 is 0. The molecule has 2 heterocycles. The van der Waals surface area contributed by atoms with Crippen LogP contribution in [0.2, 0.25) is 0 Å². The molecule has 0 aromatic heterocycles. The van der Waals surface area contributed by atoms with Crippen molar-refractivity contribution >= 4 is 18.3 Å². The van der Waals surface area contributed by atoms with E-state index in [1.54, 1.807) is 0 Å². The van der Waals surface area contributed by atoms with Gasteiger partial charge in [-0.05, 0) is 52.2 Å². The Labute approximate surface area is 134 Å². The highest BCUT2D eigenvalue weighted by Crippen LogP contribution is 2.36. The summed E-state index contributed by atoms with van der Waals surface area (Å²) in [7, 11) is -0.277. The summed E-state index contributed by atoms with van der Waals surface area (Å²) in [5.74, 6) is 0. The Morgan fingerprint density at radius 2 is 1.68 bits per heavy atom. The van der Waals surface area contributed by atoms with Crippen LogP contribution in [0.3, 0.4) is 0 Å². The molecular formula is C17H27BN2O2. The predicted molar refractivity (Wildman–Crippen MR) is 91.8 cm³/mol. The second kappa shape index (κ2) is 5.55. The van der Waals surface area contributed by atoms with Gasteiger partial charge in [-0.3, -0.25) is 0 Å². The van der Waals surface area contributed by atoms with Crippen LogP contribution < -0.4 is 15.7 Å². The third-order valence-corrected chi connectivity index (χ3v) is 5.15. The zero-order valence-electron chi connectivity index (χ0n) is 14.3. The molecule has 120 valence electrons. The summed E-state index contributed by atoms with van der Waals surface area (Å²) in [5, 5.41) is 3.47. The third-order valence-electron chi connectivity index (χ3n) is 5.15. The standard InChI is InChI=1S/C17H27BN2O2/c1-13-12-20(11-10-19-13)15-8-6-14(7-9-15)18-21-16(2,3)17(4,5)22-18/h6-9,13,19H,10-12H2,1-5H3. The minimum Gasteiger partial charge on any atom is -0.399 e. The van der Waals surface area contributed by atoms with Crippen LogP contribution in [0.1, 0.15) is 34.6 Å². The Kier molecular flexibility index (Phi) is 4.00. The maximum Gasteiger partial charge on any atom is 0.494 e. The largest absolute Gasteiger partial charge is 0.494 e. The molecule has 0 spiro atoms. The molecule has 5 heteroatoms. The first-order chi connectivity index (χ1) is 10.3. The van der Waals surface area contributed by atoms with E-state index in [1.165, 1.54) is 5.69 Å². The second-order valence-electron chi connectivity index (χ2n) is 7.48. The van der Waals surface area contributed by atoms with Crippen molar-refractivity contribution in [3.63, 3.8) is 0 Å². The number of nitrogens with zero attached hydrogens (tertiary/aromatic N) is 1. The maximum atomic E-state index is 6.11. The van der Waals surface area contributed by atoms with E-state index in [2.05, 4.69) is 69.1 Å². The topological polar surface area (TPSA) is 33.7 Å². The summed E-state index contributed by atoms with van der Waals surface area (Å²) in [5.41, 5.74) is 1.79. The van der Waals surface area contributed by atoms with Crippen LogP contribution in [0.15, 0.2) is 24.3 Å². The highest BCUT2D eigenvalue weighted by Gasteiger charge is 2.51. The van der Waals surface area contributed by atoms with E-state index in [9.17, 15) is 0 Å². The van der Waals surface area contributed by atoms with E-state index in [0.29, 0.717) is 6.04 Å². The molecule has 2 fully saturated rings. The lowest BCUT2D eigenvalue weighted by atomic mass is 9.79. The summed E-state index contributed by atoms with van der Waals surface area (Å²) in [4.78, 5) is 2.43. The molecule has 1 atom stereocenters. The monoisotopic (exact) mass is 302 g/mol. The van der Waals surface area contributed by atoms with E-state index in [0.717, 1.165) is 25.1 Å². The third kappa shape index (κ3) is 2.90. The molecule has 1 aromatic rings. The first-order valence-electron chi connectivity index (χ1n) is 8.22. The maximum absolute atomic E-state index is 6.11. The molecule has 0 aliphatic carbocycles. The van der Waals surface area contributed by atoms with Crippen molar-refractivity contribution in [2.75, 3.05) is 24.5 Å². The van der Waals surface area contributed by atoms with Gasteiger partial charge in [0, 0.05) is 31.4 Å². The lowest BCUT2D eigenvalue weighted by Crippen LogP contribution is -2.49. The van der Waals surface area contributed by atoms with Crippen molar-refractivity contribution < 1.29 is 9.31 Å². The van der Waals surface area contributed by atoms with Crippen LogP contribution in [-0.2, 0) is 9.31 Å². The molecule has 2 aliphatic rings. The van der Waals surface area contributed by atoms with Gasteiger partial charge in [0.05, 0.1) is 11.2 Å². The molecule has 1 N–H and O–H groups in total. The van der Waals surface area contributed by atoms with E-state index in [1.807, 2.05) is 0 Å². The molecule has 0 radical (unpaired) electrons. The van der Waals surface area contributed by atoms with Crippen molar-refractivity contribution in [1.82, 2.24) is 5.32 Å². The zero-order chi connectivity index (χ0) is 16.0. The second-order valence-corrected chi connectivity index (χ2v) is 7.48. The Morgan fingerprint density at radius 1 is 1.09 bits per heavy atom. The molecule has 4 nitrogen and oxygen atoms in total. The van der Waals surface area contributed by atoms with Gasteiger partial charge in [-0.1, -0.05) is 12.1 Å². The first-order valence-corrected chi connectivity index (χ1v) is 8.22. The summed E-state index contributed by atoms with van der Waals surface area (Å²) in [6, 6.07) is 9.15.